The van der Waals surface area contributed by atoms with Crippen molar-refractivity contribution in [3.05, 3.63) is 155 Å². The molecule has 51 heavy (non-hydrogen) atoms. The smallest absolute Gasteiger partial charge is 0.262 e. The highest BCUT2D eigenvalue weighted by Crippen LogP contribution is 2.26. The normalized spacial score (nSPS) is 11.9. The number of rotatable bonds is 14. The van der Waals surface area contributed by atoms with E-state index in [0.717, 1.165) is 40.0 Å². The summed E-state index contributed by atoms with van der Waals surface area (Å²) < 4.78 is 20.8. The predicted molar refractivity (Wildman–Crippen MR) is 192 cm³/mol. The highest BCUT2D eigenvalue weighted by molar-refractivity contribution is 6.03. The number of aromatic nitrogens is 4. The van der Waals surface area contributed by atoms with E-state index >= 15 is 0 Å². The average molecular weight is 682 g/mol. The zero-order valence-electron chi connectivity index (χ0n) is 28.0. The third-order valence-electron chi connectivity index (χ3n) is 8.54. The fraction of sp³-hybridized carbons (Fsp3) is 0.175. The van der Waals surface area contributed by atoms with Gasteiger partial charge in [0, 0.05) is 29.9 Å². The van der Waals surface area contributed by atoms with Crippen molar-refractivity contribution in [2.75, 3.05) is 13.7 Å². The summed E-state index contributed by atoms with van der Waals surface area (Å²) >= 11 is 0. The Morgan fingerprint density at radius 3 is 2.43 bits per heavy atom. The van der Waals surface area contributed by atoms with Gasteiger partial charge < -0.3 is 24.9 Å². The molecule has 0 radical (unpaired) electrons. The number of hydrogen-bond donors (Lipinski definition) is 3. The quantitative estimate of drug-likeness (QED) is 0.0973. The number of fused-ring (bicyclic) bond motifs is 1. The number of benzene rings is 4. The summed E-state index contributed by atoms with van der Waals surface area (Å²) in [5.41, 5.74) is 4.36. The number of amides is 2. The number of aryl methyl sites for hydroxylation is 2. The molecular weight excluding hydrogens is 645 g/mol. The van der Waals surface area contributed by atoms with E-state index in [2.05, 4.69) is 37.9 Å². The summed E-state index contributed by atoms with van der Waals surface area (Å²) in [6.45, 7) is 0.0618. The number of para-hydroxylation sites is 1. The van der Waals surface area contributed by atoms with Crippen molar-refractivity contribution in [3.8, 4) is 11.8 Å². The molecular formula is C40H36FN7O3. The lowest BCUT2D eigenvalue weighted by Gasteiger charge is -2.20. The second kappa shape index (κ2) is 16.2. The van der Waals surface area contributed by atoms with Crippen LogP contribution in [-0.2, 0) is 35.4 Å². The van der Waals surface area contributed by atoms with Gasteiger partial charge in [0.1, 0.15) is 29.0 Å². The number of aromatic amines is 1. The van der Waals surface area contributed by atoms with Gasteiger partial charge in [-0.1, -0.05) is 72.8 Å². The van der Waals surface area contributed by atoms with Crippen LogP contribution >= 0.6 is 0 Å². The van der Waals surface area contributed by atoms with E-state index in [-0.39, 0.29) is 12.1 Å². The van der Waals surface area contributed by atoms with Crippen LogP contribution in [0, 0.1) is 17.1 Å². The maximum Gasteiger partial charge on any atom is 0.262 e. The van der Waals surface area contributed by atoms with Crippen molar-refractivity contribution < 1.29 is 18.7 Å². The first-order chi connectivity index (χ1) is 24.9. The number of methoxy groups -OCH3 is 1. The van der Waals surface area contributed by atoms with Crippen molar-refractivity contribution in [2.24, 2.45) is 0 Å². The van der Waals surface area contributed by atoms with Crippen LogP contribution in [0.4, 0.5) is 4.39 Å². The fourth-order valence-corrected chi connectivity index (χ4v) is 5.88. The Labute approximate surface area is 294 Å². The maximum absolute atomic E-state index is 13.5. The van der Waals surface area contributed by atoms with Gasteiger partial charge in [0.15, 0.2) is 5.82 Å². The van der Waals surface area contributed by atoms with Crippen LogP contribution in [0.5, 0.6) is 5.75 Å². The van der Waals surface area contributed by atoms with Gasteiger partial charge in [-0.3, -0.25) is 9.59 Å². The molecule has 0 aliphatic rings. The molecule has 2 aromatic heterocycles. The van der Waals surface area contributed by atoms with E-state index in [1.165, 1.54) is 35.9 Å². The highest BCUT2D eigenvalue weighted by Gasteiger charge is 2.25. The van der Waals surface area contributed by atoms with Gasteiger partial charge in [0.05, 0.1) is 26.2 Å². The summed E-state index contributed by atoms with van der Waals surface area (Å²) in [4.78, 5) is 29.8. The molecule has 0 bridgehead atoms. The van der Waals surface area contributed by atoms with Crippen LogP contribution in [0.3, 0.4) is 0 Å². The molecule has 0 unspecified atom stereocenters. The van der Waals surface area contributed by atoms with Crippen LogP contribution in [-0.4, -0.2) is 45.2 Å². The Bertz CT molecular complexity index is 2180. The van der Waals surface area contributed by atoms with Gasteiger partial charge >= 0.3 is 0 Å². The van der Waals surface area contributed by atoms with Gasteiger partial charge in [0.25, 0.3) is 5.91 Å². The number of H-pyrrole nitrogens is 1. The minimum Gasteiger partial charge on any atom is -0.497 e. The molecule has 0 aliphatic heterocycles. The van der Waals surface area contributed by atoms with E-state index in [4.69, 9.17) is 4.74 Å². The summed E-state index contributed by atoms with van der Waals surface area (Å²) in [5, 5.41) is 25.5. The van der Waals surface area contributed by atoms with Crippen molar-refractivity contribution in [1.29, 1.82) is 5.26 Å². The first-order valence-electron chi connectivity index (χ1n) is 16.5. The fourth-order valence-electron chi connectivity index (χ4n) is 5.88. The number of nitrogens with zero attached hydrogens (tertiary/aromatic N) is 4. The van der Waals surface area contributed by atoms with Crippen LogP contribution < -0.4 is 15.4 Å². The monoisotopic (exact) mass is 681 g/mol. The van der Waals surface area contributed by atoms with Crippen LogP contribution in [0.15, 0.2) is 115 Å². The number of halogens is 1. The van der Waals surface area contributed by atoms with E-state index in [1.54, 1.807) is 7.11 Å². The number of ether oxygens (including phenoxy) is 1. The number of carbonyl (C=O) groups is 2. The zero-order valence-corrected chi connectivity index (χ0v) is 28.0. The molecule has 4 aromatic carbocycles. The summed E-state index contributed by atoms with van der Waals surface area (Å²) in [6, 6.07) is 32.5. The number of nitriles is 1. The van der Waals surface area contributed by atoms with Gasteiger partial charge in [-0.25, -0.2) is 4.39 Å². The molecule has 3 N–H and O–H groups in total. The van der Waals surface area contributed by atoms with Gasteiger partial charge in [-0.05, 0) is 65.1 Å². The molecule has 0 saturated heterocycles. The van der Waals surface area contributed by atoms with E-state index in [0.29, 0.717) is 30.8 Å². The third kappa shape index (κ3) is 8.74. The van der Waals surface area contributed by atoms with Crippen molar-refractivity contribution >= 4 is 28.8 Å². The van der Waals surface area contributed by atoms with Gasteiger partial charge in [-0.15, -0.1) is 10.2 Å². The Balaban J connectivity index is 1.28. The molecule has 0 saturated carbocycles. The lowest BCUT2D eigenvalue weighted by Crippen LogP contribution is -2.40. The van der Waals surface area contributed by atoms with E-state index in [9.17, 15) is 19.2 Å². The number of nitrogens with one attached hydrogen (secondary N) is 3. The lowest BCUT2D eigenvalue weighted by atomic mass is 10.0. The molecule has 1 atom stereocenters. The maximum atomic E-state index is 13.5. The molecule has 6 aromatic rings. The SMILES string of the molecule is COc1ccc(Cn2c(CCc3ccccc3)nnc2[C@@H](Cc2c[nH]c3ccccc23)NC(=O)CNC(=O)/C(C#N)=C/c2ccc(F)cc2)cc1. The van der Waals surface area contributed by atoms with Crippen LogP contribution in [0.2, 0.25) is 0 Å². The first kappa shape index (κ1) is 34.3. The first-order valence-corrected chi connectivity index (χ1v) is 16.5. The number of carbonyl (C=O) groups excluding carboxylic acids is 2. The third-order valence-corrected chi connectivity index (χ3v) is 8.54. The standard InChI is InChI=1S/C40H36FN7O3/c1-51-33-18-13-29(14-19-33)26-48-37(20-15-27-7-3-2-4-8-27)46-47-39(48)36(22-31-24-43-35-10-6-5-9-34(31)35)45-38(49)25-44-40(50)30(23-42)21-28-11-16-32(41)17-12-28/h2-14,16-19,21,24,36,43H,15,20,22,25-26H2,1H3,(H,44,50)(H,45,49)/b30-21+/t36-/m1/s1. The minimum atomic E-state index is -0.726. The Kier molecular flexibility index (Phi) is 10.9. The molecule has 0 spiro atoms. The second-order valence-corrected chi connectivity index (χ2v) is 12.0. The molecule has 10 nitrogen and oxygen atoms in total. The second-order valence-electron chi connectivity index (χ2n) is 12.0. The largest absolute Gasteiger partial charge is 0.497 e. The Morgan fingerprint density at radius 2 is 1.69 bits per heavy atom. The van der Waals surface area contributed by atoms with Crippen molar-refractivity contribution in [3.63, 3.8) is 0 Å². The van der Waals surface area contributed by atoms with E-state index < -0.39 is 23.7 Å². The van der Waals surface area contributed by atoms with Crippen LogP contribution in [0.25, 0.3) is 17.0 Å². The number of hydrogen-bond acceptors (Lipinski definition) is 6. The lowest BCUT2D eigenvalue weighted by molar-refractivity contribution is -0.124. The van der Waals surface area contributed by atoms with Crippen LogP contribution in [0.1, 0.15) is 39.9 Å². The zero-order chi connectivity index (χ0) is 35.6. The Hall–Kier alpha value is -6.54. The minimum absolute atomic E-state index is 0.216. The summed E-state index contributed by atoms with van der Waals surface area (Å²) in [5.74, 6) is 0.435. The molecule has 2 heterocycles. The predicted octanol–water partition coefficient (Wildman–Crippen LogP) is 5.86. The molecule has 256 valence electrons. The van der Waals surface area contributed by atoms with Crippen molar-refractivity contribution in [1.82, 2.24) is 30.4 Å². The van der Waals surface area contributed by atoms with Gasteiger partial charge in [-0.2, -0.15) is 5.26 Å². The summed E-state index contributed by atoms with van der Waals surface area (Å²) in [6.07, 6.45) is 5.02. The molecule has 6 rings (SSSR count). The van der Waals surface area contributed by atoms with Crippen molar-refractivity contribution in [2.45, 2.75) is 31.8 Å². The topological polar surface area (TPSA) is 138 Å². The van der Waals surface area contributed by atoms with Gasteiger partial charge in [0.2, 0.25) is 5.91 Å². The average Bonchev–Trinajstić information content (AvgIpc) is 3.76. The summed E-state index contributed by atoms with van der Waals surface area (Å²) in [7, 11) is 1.62. The molecule has 0 aliphatic carbocycles. The molecule has 11 heteroatoms. The van der Waals surface area contributed by atoms with E-state index in [1.807, 2.05) is 83.6 Å². The molecule has 2 amide bonds. The highest BCUT2D eigenvalue weighted by atomic mass is 19.1. The Morgan fingerprint density at radius 1 is 0.941 bits per heavy atom. The molecule has 0 fully saturated rings.